The van der Waals surface area contributed by atoms with Crippen LogP contribution < -0.4 is 10.5 Å². The molecule has 9 heteroatoms. The third-order valence-corrected chi connectivity index (χ3v) is 0.898. The molecule has 1 N–H and O–H groups in total. The molecule has 0 aliphatic rings. The molecule has 0 bridgehead atoms. The van der Waals surface area contributed by atoms with Crippen LogP contribution in [0, 0.1) is 0 Å². The van der Waals surface area contributed by atoms with E-state index >= 15 is 0 Å². The average molecular weight is 197 g/mol. The molecular formula is C4H2F3N3O3. The number of aromatic nitrogens is 3. The number of rotatable bonds is 1. The summed E-state index contributed by atoms with van der Waals surface area (Å²) >= 11 is 0. The van der Waals surface area contributed by atoms with Crippen LogP contribution in [-0.2, 0) is 4.79 Å². The lowest BCUT2D eigenvalue weighted by Crippen LogP contribution is -2.34. The first-order chi connectivity index (χ1) is 5.89. The van der Waals surface area contributed by atoms with Crippen LogP contribution in [-0.4, -0.2) is 27.1 Å². The number of nitrogens with zero attached hydrogens (tertiary/aromatic N) is 2. The van der Waals surface area contributed by atoms with Gasteiger partial charge in [0.1, 0.15) is 0 Å². The van der Waals surface area contributed by atoms with Crippen LogP contribution >= 0.6 is 0 Å². The van der Waals surface area contributed by atoms with Crippen molar-refractivity contribution in [1.29, 1.82) is 0 Å². The molecule has 0 unspecified atom stereocenters. The third kappa shape index (κ3) is 2.32. The van der Waals surface area contributed by atoms with E-state index < -0.39 is 17.8 Å². The van der Waals surface area contributed by atoms with Crippen molar-refractivity contribution in [2.45, 2.75) is 6.18 Å². The molecule has 0 aliphatic heterocycles. The van der Waals surface area contributed by atoms with Gasteiger partial charge in [-0.25, -0.2) is 14.7 Å². The van der Waals surface area contributed by atoms with E-state index in [1.807, 2.05) is 0 Å². The summed E-state index contributed by atoms with van der Waals surface area (Å²) in [7, 11) is 0. The number of alkyl halides is 3. The molecule has 1 aromatic heterocycles. The third-order valence-electron chi connectivity index (χ3n) is 0.898. The van der Waals surface area contributed by atoms with Crippen molar-refractivity contribution in [1.82, 2.24) is 14.9 Å². The smallest absolute Gasteiger partial charge is 0.310 e. The highest BCUT2D eigenvalue weighted by Gasteiger charge is 2.42. The van der Waals surface area contributed by atoms with Crippen molar-refractivity contribution in [3.8, 4) is 0 Å². The Morgan fingerprint density at radius 3 is 2.62 bits per heavy atom. The molecule has 6 nitrogen and oxygen atoms in total. The van der Waals surface area contributed by atoms with Crippen molar-refractivity contribution in [2.24, 2.45) is 0 Å². The van der Waals surface area contributed by atoms with Crippen LogP contribution in [0.1, 0.15) is 0 Å². The zero-order valence-corrected chi connectivity index (χ0v) is 5.83. The molecular weight excluding hydrogens is 195 g/mol. The summed E-state index contributed by atoms with van der Waals surface area (Å²) in [5, 5.41) is 1.69. The van der Waals surface area contributed by atoms with E-state index in [0.29, 0.717) is 6.33 Å². The Morgan fingerprint density at radius 2 is 2.23 bits per heavy atom. The first-order valence-electron chi connectivity index (χ1n) is 2.83. The summed E-state index contributed by atoms with van der Waals surface area (Å²) in [4.78, 5) is 27.1. The highest BCUT2D eigenvalue weighted by molar-refractivity contribution is 5.75. The zero-order valence-electron chi connectivity index (χ0n) is 5.83. The Kier molecular flexibility index (Phi) is 2.09. The molecule has 72 valence electrons. The highest BCUT2D eigenvalue weighted by Crippen LogP contribution is 2.14. The summed E-state index contributed by atoms with van der Waals surface area (Å²) < 4.78 is 34.6. The monoisotopic (exact) mass is 197 g/mol. The van der Waals surface area contributed by atoms with Crippen molar-refractivity contribution >= 4 is 5.97 Å². The SMILES string of the molecule is O=C(On1cnc(=O)[nH]1)C(F)(F)F. The van der Waals surface area contributed by atoms with E-state index in [1.165, 1.54) is 0 Å². The van der Waals surface area contributed by atoms with Gasteiger partial charge >= 0.3 is 17.8 Å². The Morgan fingerprint density at radius 1 is 1.62 bits per heavy atom. The van der Waals surface area contributed by atoms with Gasteiger partial charge in [0, 0.05) is 0 Å². The summed E-state index contributed by atoms with van der Waals surface area (Å²) in [5.41, 5.74) is -0.921. The molecule has 0 aromatic carbocycles. The molecule has 0 saturated carbocycles. The standard InChI is InChI=1S/C4H2F3N3O3/c5-4(6,7)2(11)13-10-1-8-3(12)9-10/h1H,(H,9,12). The van der Waals surface area contributed by atoms with E-state index in [2.05, 4.69) is 9.82 Å². The lowest BCUT2D eigenvalue weighted by Gasteiger charge is -2.04. The number of H-pyrrole nitrogens is 1. The number of halogens is 3. The molecule has 1 aromatic rings. The van der Waals surface area contributed by atoms with Crippen LogP contribution in [0.25, 0.3) is 0 Å². The minimum atomic E-state index is -5.11. The quantitative estimate of drug-likeness (QED) is 0.632. The number of aromatic amines is 1. The largest absolute Gasteiger partial charge is 0.493 e. The maximum atomic E-state index is 11.5. The topological polar surface area (TPSA) is 77.0 Å². The fourth-order valence-corrected chi connectivity index (χ4v) is 0.444. The van der Waals surface area contributed by atoms with Gasteiger partial charge in [-0.3, -0.25) is 0 Å². The van der Waals surface area contributed by atoms with Crippen LogP contribution in [0.2, 0.25) is 0 Å². The Labute approximate surface area is 67.9 Å². The second-order valence-electron chi connectivity index (χ2n) is 1.86. The van der Waals surface area contributed by atoms with Gasteiger partial charge in [0.25, 0.3) is 0 Å². The Hall–Kier alpha value is -1.80. The van der Waals surface area contributed by atoms with Gasteiger partial charge in [-0.1, -0.05) is 4.85 Å². The molecule has 13 heavy (non-hydrogen) atoms. The predicted octanol–water partition coefficient (Wildman–Crippen LogP) is -0.911. The summed E-state index contributed by atoms with van der Waals surface area (Å²) in [6.07, 6.45) is -4.51. The summed E-state index contributed by atoms with van der Waals surface area (Å²) in [6, 6.07) is 0. The molecule has 0 aliphatic carbocycles. The van der Waals surface area contributed by atoms with Crippen LogP contribution in [0.3, 0.4) is 0 Å². The maximum Gasteiger partial charge on any atom is 0.493 e. The molecule has 0 radical (unpaired) electrons. The minimum Gasteiger partial charge on any atom is -0.310 e. The lowest BCUT2D eigenvalue weighted by molar-refractivity contribution is -0.201. The van der Waals surface area contributed by atoms with Gasteiger partial charge in [-0.2, -0.15) is 18.2 Å². The van der Waals surface area contributed by atoms with Gasteiger partial charge in [0.15, 0.2) is 6.33 Å². The number of carbonyl (C=O) groups is 1. The molecule has 1 rings (SSSR count). The van der Waals surface area contributed by atoms with E-state index in [-0.39, 0.29) is 4.85 Å². The van der Waals surface area contributed by atoms with Crippen molar-refractivity contribution in [2.75, 3.05) is 0 Å². The number of carbonyl (C=O) groups excluding carboxylic acids is 1. The summed E-state index contributed by atoms with van der Waals surface area (Å²) in [6.45, 7) is 0. The fraction of sp³-hybridized carbons (Fsp3) is 0.250. The zero-order chi connectivity index (χ0) is 10.1. The second-order valence-corrected chi connectivity index (χ2v) is 1.86. The highest BCUT2D eigenvalue weighted by atomic mass is 19.4. The molecule has 0 atom stereocenters. The molecule has 0 saturated heterocycles. The van der Waals surface area contributed by atoms with E-state index in [1.54, 1.807) is 5.10 Å². The minimum absolute atomic E-state index is 0.165. The van der Waals surface area contributed by atoms with E-state index in [4.69, 9.17) is 0 Å². The Balaban J connectivity index is 2.71. The van der Waals surface area contributed by atoms with Crippen molar-refractivity contribution in [3.05, 3.63) is 16.8 Å². The predicted molar refractivity (Wildman–Crippen MR) is 30.5 cm³/mol. The van der Waals surface area contributed by atoms with Crippen LogP contribution in [0.5, 0.6) is 0 Å². The number of nitrogens with one attached hydrogen (secondary N) is 1. The fourth-order valence-electron chi connectivity index (χ4n) is 0.444. The van der Waals surface area contributed by atoms with Gasteiger partial charge in [0.2, 0.25) is 0 Å². The lowest BCUT2D eigenvalue weighted by atomic mass is 10.7. The van der Waals surface area contributed by atoms with Crippen molar-refractivity contribution in [3.63, 3.8) is 0 Å². The average Bonchev–Trinajstić information content (AvgIpc) is 2.33. The van der Waals surface area contributed by atoms with E-state index in [9.17, 15) is 22.8 Å². The molecule has 0 spiro atoms. The molecule has 0 amide bonds. The van der Waals surface area contributed by atoms with Crippen LogP contribution in [0.4, 0.5) is 13.2 Å². The first kappa shape index (κ1) is 9.29. The molecule has 1 heterocycles. The van der Waals surface area contributed by atoms with Crippen LogP contribution in [0.15, 0.2) is 11.1 Å². The second kappa shape index (κ2) is 2.92. The van der Waals surface area contributed by atoms with Gasteiger partial charge in [-0.15, -0.1) is 0 Å². The first-order valence-corrected chi connectivity index (χ1v) is 2.83. The number of hydrogen-bond donors (Lipinski definition) is 1. The summed E-state index contributed by atoms with van der Waals surface area (Å²) in [5.74, 6) is -2.44. The number of hydrogen-bond acceptors (Lipinski definition) is 4. The van der Waals surface area contributed by atoms with Gasteiger partial charge in [0.05, 0.1) is 0 Å². The maximum absolute atomic E-state index is 11.5. The van der Waals surface area contributed by atoms with Crippen molar-refractivity contribution < 1.29 is 22.8 Å². The Bertz CT molecular complexity index is 364. The van der Waals surface area contributed by atoms with Gasteiger partial charge in [-0.05, 0) is 0 Å². The van der Waals surface area contributed by atoms with E-state index in [0.717, 1.165) is 0 Å². The van der Waals surface area contributed by atoms with Gasteiger partial charge < -0.3 is 4.84 Å². The molecule has 0 fully saturated rings. The normalized spacial score (nSPS) is 11.3.